The highest BCUT2D eigenvalue weighted by atomic mass is 16.1. The monoisotopic (exact) mass is 307 g/mol. The van der Waals surface area contributed by atoms with E-state index in [0.717, 1.165) is 23.3 Å². The van der Waals surface area contributed by atoms with E-state index in [2.05, 4.69) is 16.4 Å². The van der Waals surface area contributed by atoms with E-state index in [1.165, 1.54) is 0 Å². The highest BCUT2D eigenvalue weighted by Crippen LogP contribution is 2.27. The number of nitrogens with one attached hydrogen (secondary N) is 1. The Hall–Kier alpha value is -2.62. The lowest BCUT2D eigenvalue weighted by Crippen LogP contribution is -2.44. The summed E-state index contributed by atoms with van der Waals surface area (Å²) < 4.78 is 0. The van der Waals surface area contributed by atoms with Crippen molar-refractivity contribution in [2.45, 2.75) is 25.8 Å². The van der Waals surface area contributed by atoms with Crippen LogP contribution in [0.5, 0.6) is 0 Å². The Kier molecular flexibility index (Phi) is 4.42. The largest absolute Gasteiger partial charge is 0.397 e. The molecule has 4 nitrogen and oxygen atoms in total. The number of hydrogen-bond acceptors (Lipinski definition) is 3. The summed E-state index contributed by atoms with van der Waals surface area (Å²) in [6, 6.07) is 10.1. The van der Waals surface area contributed by atoms with Gasteiger partial charge in [0.05, 0.1) is 17.9 Å². The number of nitrogens with two attached hydrogens (primary N) is 1. The second-order valence-electron chi connectivity index (χ2n) is 5.94. The van der Waals surface area contributed by atoms with Crippen LogP contribution in [0.2, 0.25) is 0 Å². The molecule has 1 aromatic rings. The van der Waals surface area contributed by atoms with Crippen LogP contribution in [0.15, 0.2) is 71.0 Å². The third-order valence-corrected chi connectivity index (χ3v) is 4.29. The van der Waals surface area contributed by atoms with E-state index in [9.17, 15) is 4.79 Å². The molecule has 2 unspecified atom stereocenters. The Balaban J connectivity index is 1.74. The van der Waals surface area contributed by atoms with Gasteiger partial charge in [-0.2, -0.15) is 0 Å². The number of benzene rings is 1. The summed E-state index contributed by atoms with van der Waals surface area (Å²) >= 11 is 0. The Morgan fingerprint density at radius 1 is 1.35 bits per heavy atom. The normalized spacial score (nSPS) is 24.7. The molecule has 23 heavy (non-hydrogen) atoms. The molecule has 0 radical (unpaired) electrons. The lowest BCUT2D eigenvalue weighted by Gasteiger charge is -2.31. The van der Waals surface area contributed by atoms with Crippen LogP contribution in [-0.2, 0) is 4.79 Å². The highest BCUT2D eigenvalue weighted by molar-refractivity contribution is 5.99. The summed E-state index contributed by atoms with van der Waals surface area (Å²) in [5.74, 6) is 0.443. The number of allylic oxidation sites excluding steroid dienone is 1. The zero-order valence-electron chi connectivity index (χ0n) is 13.2. The summed E-state index contributed by atoms with van der Waals surface area (Å²) in [5.41, 5.74) is 9.81. The van der Waals surface area contributed by atoms with Gasteiger partial charge in [-0.15, -0.1) is 0 Å². The van der Waals surface area contributed by atoms with Gasteiger partial charge in [-0.1, -0.05) is 48.6 Å². The number of fused-ring (bicyclic) bond motifs is 1. The van der Waals surface area contributed by atoms with Crippen molar-refractivity contribution in [3.63, 3.8) is 0 Å². The Morgan fingerprint density at radius 3 is 2.91 bits per heavy atom. The fraction of sp³-hybridized carbons (Fsp3) is 0.263. The molecule has 118 valence electrons. The van der Waals surface area contributed by atoms with E-state index < -0.39 is 0 Å². The first kappa shape index (κ1) is 15.3. The number of aliphatic imine (C=N–C) groups is 1. The van der Waals surface area contributed by atoms with Crippen LogP contribution in [0.3, 0.4) is 0 Å². The van der Waals surface area contributed by atoms with Gasteiger partial charge >= 0.3 is 0 Å². The molecule has 0 saturated carbocycles. The van der Waals surface area contributed by atoms with Crippen molar-refractivity contribution in [1.82, 2.24) is 5.32 Å². The third kappa shape index (κ3) is 3.59. The van der Waals surface area contributed by atoms with E-state index in [4.69, 9.17) is 5.73 Å². The van der Waals surface area contributed by atoms with Crippen molar-refractivity contribution >= 4 is 11.6 Å². The molecule has 1 fully saturated rings. The van der Waals surface area contributed by atoms with E-state index in [1.54, 1.807) is 6.20 Å². The van der Waals surface area contributed by atoms with E-state index in [0.29, 0.717) is 18.0 Å². The molecule has 1 heterocycles. The molecule has 1 aromatic carbocycles. The summed E-state index contributed by atoms with van der Waals surface area (Å²) in [6.07, 6.45) is 9.28. The van der Waals surface area contributed by atoms with Gasteiger partial charge in [-0.25, -0.2) is 0 Å². The molecule has 1 aliphatic carbocycles. The molecule has 2 atom stereocenters. The molecule has 1 saturated heterocycles. The van der Waals surface area contributed by atoms with Crippen molar-refractivity contribution in [2.75, 3.05) is 0 Å². The standard InChI is InChI=1S/C19H21N3O/c1-13(14-5-3-2-4-6-14)21-12-17(20)15-7-9-18-16(11-15)8-10-19(23)22-18/h2-7,9,11-12,16,18H,8,10,20H2,1H3,(H,22,23)/b17-12-,21-13?. The van der Waals surface area contributed by atoms with Gasteiger partial charge in [0, 0.05) is 18.1 Å². The SMILES string of the molecule is CC(=N/C=C(\N)C1=CC2CCC(=O)NC2C=C1)c1ccccc1. The molecule has 0 aromatic heterocycles. The molecular weight excluding hydrogens is 286 g/mol. The molecule has 3 N–H and O–H groups in total. The zero-order valence-corrected chi connectivity index (χ0v) is 13.2. The fourth-order valence-corrected chi connectivity index (χ4v) is 2.90. The van der Waals surface area contributed by atoms with Crippen LogP contribution in [0.4, 0.5) is 0 Å². The van der Waals surface area contributed by atoms with Crippen LogP contribution in [0.1, 0.15) is 25.3 Å². The minimum absolute atomic E-state index is 0.0994. The first-order valence-electron chi connectivity index (χ1n) is 7.89. The lowest BCUT2D eigenvalue weighted by molar-refractivity contribution is -0.123. The number of hydrogen-bond donors (Lipinski definition) is 2. The number of carbonyl (C=O) groups excluding carboxylic acids is 1. The summed E-state index contributed by atoms with van der Waals surface area (Å²) in [6.45, 7) is 1.97. The number of nitrogens with zero attached hydrogens (tertiary/aromatic N) is 1. The second-order valence-corrected chi connectivity index (χ2v) is 5.94. The topological polar surface area (TPSA) is 67.5 Å². The minimum Gasteiger partial charge on any atom is -0.397 e. The number of carbonyl (C=O) groups is 1. The van der Waals surface area contributed by atoms with E-state index in [1.807, 2.05) is 49.4 Å². The molecule has 0 spiro atoms. The predicted molar refractivity (Wildman–Crippen MR) is 92.8 cm³/mol. The first-order valence-corrected chi connectivity index (χ1v) is 7.89. The van der Waals surface area contributed by atoms with Crippen LogP contribution < -0.4 is 11.1 Å². The Morgan fingerprint density at radius 2 is 2.13 bits per heavy atom. The average molecular weight is 307 g/mol. The van der Waals surface area contributed by atoms with Crippen molar-refractivity contribution < 1.29 is 4.79 Å². The van der Waals surface area contributed by atoms with Gasteiger partial charge < -0.3 is 11.1 Å². The number of rotatable bonds is 3. The molecular formula is C19H21N3O. The maximum absolute atomic E-state index is 11.4. The quantitative estimate of drug-likeness (QED) is 0.843. The van der Waals surface area contributed by atoms with Gasteiger partial charge in [0.15, 0.2) is 0 Å². The second kappa shape index (κ2) is 6.65. The Bertz CT molecular complexity index is 713. The summed E-state index contributed by atoms with van der Waals surface area (Å²) in [5, 5.41) is 2.99. The first-order chi connectivity index (χ1) is 11.1. The maximum Gasteiger partial charge on any atom is 0.220 e. The zero-order chi connectivity index (χ0) is 16.2. The average Bonchev–Trinajstić information content (AvgIpc) is 2.59. The van der Waals surface area contributed by atoms with Gasteiger partial charge in [-0.05, 0) is 24.5 Å². The molecule has 3 rings (SSSR count). The van der Waals surface area contributed by atoms with E-state index in [-0.39, 0.29) is 11.9 Å². The summed E-state index contributed by atoms with van der Waals surface area (Å²) in [4.78, 5) is 15.9. The van der Waals surface area contributed by atoms with E-state index >= 15 is 0 Å². The predicted octanol–water partition coefficient (Wildman–Crippen LogP) is 2.69. The number of piperidine rings is 1. The van der Waals surface area contributed by atoms with Gasteiger partial charge in [0.2, 0.25) is 5.91 Å². The van der Waals surface area contributed by atoms with Crippen LogP contribution >= 0.6 is 0 Å². The van der Waals surface area contributed by atoms with Crippen LogP contribution in [-0.4, -0.2) is 17.7 Å². The third-order valence-electron chi connectivity index (χ3n) is 4.29. The molecule has 2 aliphatic rings. The van der Waals surface area contributed by atoms with Gasteiger partial charge in [0.1, 0.15) is 0 Å². The van der Waals surface area contributed by atoms with Crippen molar-refractivity contribution in [1.29, 1.82) is 0 Å². The van der Waals surface area contributed by atoms with Crippen molar-refractivity contribution in [3.05, 3.63) is 71.6 Å². The highest BCUT2D eigenvalue weighted by Gasteiger charge is 2.27. The molecule has 0 bridgehead atoms. The lowest BCUT2D eigenvalue weighted by atomic mass is 9.84. The van der Waals surface area contributed by atoms with Crippen LogP contribution in [0.25, 0.3) is 0 Å². The summed E-state index contributed by atoms with van der Waals surface area (Å²) in [7, 11) is 0. The van der Waals surface area contributed by atoms with Crippen molar-refractivity contribution in [2.24, 2.45) is 16.6 Å². The number of amides is 1. The Labute approximate surface area is 136 Å². The van der Waals surface area contributed by atoms with Crippen molar-refractivity contribution in [3.8, 4) is 0 Å². The van der Waals surface area contributed by atoms with Gasteiger partial charge in [0.25, 0.3) is 0 Å². The van der Waals surface area contributed by atoms with Crippen LogP contribution in [0, 0.1) is 5.92 Å². The maximum atomic E-state index is 11.4. The van der Waals surface area contributed by atoms with Gasteiger partial charge in [-0.3, -0.25) is 9.79 Å². The molecule has 4 heteroatoms. The minimum atomic E-state index is 0.0994. The molecule has 1 aliphatic heterocycles. The molecule has 1 amide bonds. The smallest absolute Gasteiger partial charge is 0.220 e. The fourth-order valence-electron chi connectivity index (χ4n) is 2.90.